The summed E-state index contributed by atoms with van der Waals surface area (Å²) in [5.74, 6) is 0. The Bertz CT molecular complexity index is 942. The fourth-order valence-electron chi connectivity index (χ4n) is 6.24. The van der Waals surface area contributed by atoms with E-state index in [0.717, 1.165) is 24.2 Å². The summed E-state index contributed by atoms with van der Waals surface area (Å²) in [5.41, 5.74) is 1.91. The lowest BCUT2D eigenvalue weighted by atomic mass is 9.90. The maximum absolute atomic E-state index is 6.25. The molecule has 45 heavy (non-hydrogen) atoms. The van der Waals surface area contributed by atoms with Gasteiger partial charge in [-0.2, -0.15) is 0 Å². The number of aryl methyl sites for hydroxylation is 2. The van der Waals surface area contributed by atoms with Crippen molar-refractivity contribution < 1.29 is 62.0 Å². The van der Waals surface area contributed by atoms with E-state index >= 15 is 0 Å². The third-order valence-corrected chi connectivity index (χ3v) is 9.01. The lowest BCUT2D eigenvalue weighted by Gasteiger charge is -2.43. The number of hydrogen-bond donors (Lipinski definition) is 0. The third-order valence-electron chi connectivity index (χ3n) is 9.01. The van der Waals surface area contributed by atoms with E-state index in [1.165, 1.54) is 103 Å². The minimum atomic E-state index is -0.334. The van der Waals surface area contributed by atoms with Crippen LogP contribution in [0.25, 0.3) is 0 Å². The summed E-state index contributed by atoms with van der Waals surface area (Å²) in [6, 6.07) is 8.43. The van der Waals surface area contributed by atoms with E-state index in [-0.39, 0.29) is 52.0 Å². The van der Waals surface area contributed by atoms with Gasteiger partial charge in [-0.3, -0.25) is 0 Å². The lowest BCUT2D eigenvalue weighted by Crippen LogP contribution is -3.00. The van der Waals surface area contributed by atoms with Crippen LogP contribution in [0.15, 0.2) is 49.1 Å². The van der Waals surface area contributed by atoms with Crippen molar-refractivity contribution in [3.8, 4) is 0 Å². The van der Waals surface area contributed by atoms with Crippen LogP contribution in [0, 0.1) is 5.41 Å². The summed E-state index contributed by atoms with van der Waals surface area (Å²) >= 11 is 0. The SMILES string of the molecule is CCCCCCCCCC[n+]1cccc(C2OCC3(CO2)COC(c2ccc[n+](CCCCCCCCCC)c2)OC3)c1.[Br-].[Br-]. The van der Waals surface area contributed by atoms with Gasteiger partial charge >= 0.3 is 0 Å². The number of ether oxygens (including phenoxy) is 4. The Morgan fingerprint density at radius 2 is 0.867 bits per heavy atom. The van der Waals surface area contributed by atoms with Gasteiger partial charge < -0.3 is 52.9 Å². The van der Waals surface area contributed by atoms with Crippen LogP contribution in [0.5, 0.6) is 0 Å². The van der Waals surface area contributed by atoms with E-state index in [0.29, 0.717) is 26.4 Å². The zero-order valence-electron chi connectivity index (χ0n) is 28.1. The van der Waals surface area contributed by atoms with Crippen molar-refractivity contribution in [3.05, 3.63) is 60.2 Å². The van der Waals surface area contributed by atoms with Crippen LogP contribution in [0.4, 0.5) is 0 Å². The molecular formula is C37H60Br2N2O4. The molecule has 4 heterocycles. The van der Waals surface area contributed by atoms with Crippen molar-refractivity contribution in [3.63, 3.8) is 0 Å². The first-order chi connectivity index (χ1) is 21.2. The van der Waals surface area contributed by atoms with Gasteiger partial charge in [0, 0.05) is 25.0 Å². The number of hydrogen-bond acceptors (Lipinski definition) is 4. The minimum absolute atomic E-state index is 0. The molecular weight excluding hydrogens is 696 g/mol. The van der Waals surface area contributed by atoms with Gasteiger partial charge in [0.15, 0.2) is 37.4 Å². The molecule has 0 radical (unpaired) electrons. The van der Waals surface area contributed by atoms with Gasteiger partial charge in [-0.1, -0.05) is 90.9 Å². The predicted molar refractivity (Wildman–Crippen MR) is 170 cm³/mol. The van der Waals surface area contributed by atoms with Crippen LogP contribution < -0.4 is 43.1 Å². The second-order valence-corrected chi connectivity index (χ2v) is 13.1. The molecule has 2 aromatic heterocycles. The third kappa shape index (κ3) is 14.4. The molecule has 2 aromatic rings. The second kappa shape index (κ2) is 23.4. The molecule has 0 saturated carbocycles. The molecule has 0 aromatic carbocycles. The molecule has 2 aliphatic heterocycles. The number of pyridine rings is 2. The number of halogens is 2. The van der Waals surface area contributed by atoms with E-state index < -0.39 is 0 Å². The van der Waals surface area contributed by atoms with Crippen molar-refractivity contribution in [2.45, 2.75) is 142 Å². The standard InChI is InChI=1S/C37H60N2O4.2BrH/c1-3-5-7-9-11-13-15-17-23-38-25-19-21-33(27-38)35-40-29-37(30-41-35)31-42-36(43-32-37)34-22-20-26-39(28-34)24-18-16-14-12-10-8-6-4-2;;/h19-22,25-28,35-36H,3-18,23-24,29-32H2,1-2H3;2*1H/q+2;;/p-2. The molecule has 2 aliphatic rings. The molecule has 0 aliphatic carbocycles. The monoisotopic (exact) mass is 754 g/mol. The zero-order valence-corrected chi connectivity index (χ0v) is 31.3. The summed E-state index contributed by atoms with van der Waals surface area (Å²) in [6.07, 6.45) is 29.4. The normalized spacial score (nSPS) is 21.3. The Labute approximate surface area is 295 Å². The number of unbranched alkanes of at least 4 members (excludes halogenated alkanes) is 14. The highest BCUT2D eigenvalue weighted by atomic mass is 79.9. The van der Waals surface area contributed by atoms with Crippen molar-refractivity contribution >= 4 is 0 Å². The number of nitrogens with zero attached hydrogens (tertiary/aromatic N) is 2. The topological polar surface area (TPSA) is 44.7 Å². The lowest BCUT2D eigenvalue weighted by molar-refractivity contribution is -0.698. The van der Waals surface area contributed by atoms with Crippen LogP contribution in [-0.4, -0.2) is 26.4 Å². The summed E-state index contributed by atoms with van der Waals surface area (Å²) in [5, 5.41) is 0. The van der Waals surface area contributed by atoms with Gasteiger partial charge in [0.25, 0.3) is 0 Å². The first-order valence-corrected chi connectivity index (χ1v) is 17.7. The molecule has 0 amide bonds. The maximum atomic E-state index is 6.25. The first kappa shape index (κ1) is 40.3. The van der Waals surface area contributed by atoms with Crippen LogP contribution in [0.1, 0.15) is 140 Å². The van der Waals surface area contributed by atoms with E-state index in [1.54, 1.807) is 0 Å². The molecule has 0 atom stereocenters. The first-order valence-electron chi connectivity index (χ1n) is 17.7. The second-order valence-electron chi connectivity index (χ2n) is 13.1. The predicted octanol–water partition coefficient (Wildman–Crippen LogP) is 2.33. The Kier molecular flexibility index (Phi) is 21.0. The smallest absolute Gasteiger partial charge is 0.189 e. The zero-order chi connectivity index (χ0) is 30.0. The molecule has 2 fully saturated rings. The van der Waals surface area contributed by atoms with Gasteiger partial charge in [0.05, 0.1) is 43.0 Å². The highest BCUT2D eigenvalue weighted by molar-refractivity contribution is 5.09. The number of aromatic nitrogens is 2. The van der Waals surface area contributed by atoms with E-state index in [1.807, 2.05) is 0 Å². The van der Waals surface area contributed by atoms with Crippen molar-refractivity contribution in [2.75, 3.05) is 26.4 Å². The Morgan fingerprint density at radius 1 is 0.533 bits per heavy atom. The van der Waals surface area contributed by atoms with Crippen LogP contribution >= 0.6 is 0 Å². The molecule has 256 valence electrons. The summed E-state index contributed by atoms with van der Waals surface area (Å²) in [4.78, 5) is 0. The Balaban J connectivity index is 0.00000353. The molecule has 4 rings (SSSR count). The van der Waals surface area contributed by atoms with E-state index in [2.05, 4.69) is 72.0 Å². The van der Waals surface area contributed by atoms with Crippen molar-refractivity contribution in [2.24, 2.45) is 5.41 Å². The largest absolute Gasteiger partial charge is 1.00 e. The average molecular weight is 757 g/mol. The summed E-state index contributed by atoms with van der Waals surface area (Å²) in [7, 11) is 0. The van der Waals surface area contributed by atoms with Gasteiger partial charge in [-0.25, -0.2) is 9.13 Å². The molecule has 2 saturated heterocycles. The maximum Gasteiger partial charge on any atom is 0.189 e. The van der Waals surface area contributed by atoms with Gasteiger partial charge in [0.1, 0.15) is 13.1 Å². The molecule has 8 heteroatoms. The Morgan fingerprint density at radius 3 is 1.22 bits per heavy atom. The molecule has 6 nitrogen and oxygen atoms in total. The van der Waals surface area contributed by atoms with Crippen LogP contribution in [0.3, 0.4) is 0 Å². The van der Waals surface area contributed by atoms with E-state index in [9.17, 15) is 0 Å². The summed E-state index contributed by atoms with van der Waals surface area (Å²) in [6.45, 7) is 8.93. The van der Waals surface area contributed by atoms with Gasteiger partial charge in [0.2, 0.25) is 0 Å². The molecule has 0 bridgehead atoms. The molecule has 0 unspecified atom stereocenters. The van der Waals surface area contributed by atoms with Crippen LogP contribution in [-0.2, 0) is 32.0 Å². The van der Waals surface area contributed by atoms with Crippen LogP contribution in [0.2, 0.25) is 0 Å². The quantitative estimate of drug-likeness (QED) is 0.154. The Hall–Kier alpha value is -0.900. The molecule has 0 N–H and O–H groups in total. The van der Waals surface area contributed by atoms with Gasteiger partial charge in [-0.05, 0) is 25.0 Å². The molecule has 1 spiro atoms. The van der Waals surface area contributed by atoms with Crippen molar-refractivity contribution in [1.82, 2.24) is 0 Å². The summed E-state index contributed by atoms with van der Waals surface area (Å²) < 4.78 is 29.6. The van der Waals surface area contributed by atoms with Crippen molar-refractivity contribution in [1.29, 1.82) is 0 Å². The fraction of sp³-hybridized carbons (Fsp3) is 0.730. The highest BCUT2D eigenvalue weighted by Crippen LogP contribution is 2.37. The average Bonchev–Trinajstić information content (AvgIpc) is 3.05. The fourth-order valence-corrected chi connectivity index (χ4v) is 6.24. The number of rotatable bonds is 20. The van der Waals surface area contributed by atoms with E-state index in [4.69, 9.17) is 18.9 Å². The minimum Gasteiger partial charge on any atom is -1.00 e. The van der Waals surface area contributed by atoms with Gasteiger partial charge in [-0.15, -0.1) is 0 Å². The highest BCUT2D eigenvalue weighted by Gasteiger charge is 2.43.